The van der Waals surface area contributed by atoms with Gasteiger partial charge in [0, 0.05) is 6.20 Å². The first-order valence-electron chi connectivity index (χ1n) is 7.20. The van der Waals surface area contributed by atoms with E-state index in [1.54, 1.807) is 12.3 Å². The zero-order chi connectivity index (χ0) is 15.2. The van der Waals surface area contributed by atoms with Gasteiger partial charge in [-0.05, 0) is 55.6 Å². The third-order valence-corrected chi connectivity index (χ3v) is 3.44. The first-order chi connectivity index (χ1) is 10.1. The van der Waals surface area contributed by atoms with Crippen molar-refractivity contribution < 1.29 is 8.78 Å². The molecule has 0 aliphatic heterocycles. The lowest BCUT2D eigenvalue weighted by atomic mass is 9.99. The van der Waals surface area contributed by atoms with Gasteiger partial charge < -0.3 is 5.32 Å². The van der Waals surface area contributed by atoms with Gasteiger partial charge in [0.15, 0.2) is 11.6 Å². The number of aromatic nitrogens is 1. The van der Waals surface area contributed by atoms with Crippen LogP contribution in [-0.4, -0.2) is 11.5 Å². The topological polar surface area (TPSA) is 24.9 Å². The normalized spacial score (nSPS) is 12.4. The van der Waals surface area contributed by atoms with Crippen LogP contribution in [-0.2, 0) is 6.42 Å². The summed E-state index contributed by atoms with van der Waals surface area (Å²) in [4.78, 5) is 4.44. The molecule has 0 saturated carbocycles. The van der Waals surface area contributed by atoms with Gasteiger partial charge in [0.05, 0.1) is 11.7 Å². The largest absolute Gasteiger partial charge is 0.308 e. The Kier molecular flexibility index (Phi) is 5.39. The highest BCUT2D eigenvalue weighted by Gasteiger charge is 2.16. The van der Waals surface area contributed by atoms with E-state index in [4.69, 9.17) is 0 Å². The van der Waals surface area contributed by atoms with Gasteiger partial charge in [0.2, 0.25) is 0 Å². The zero-order valence-corrected chi connectivity index (χ0v) is 12.4. The molecule has 2 rings (SSSR count). The van der Waals surface area contributed by atoms with Crippen LogP contribution in [0.5, 0.6) is 0 Å². The van der Waals surface area contributed by atoms with Crippen LogP contribution in [0.2, 0.25) is 0 Å². The number of nitrogens with zero attached hydrogens (tertiary/aromatic N) is 1. The van der Waals surface area contributed by atoms with Crippen LogP contribution in [0.15, 0.2) is 36.5 Å². The van der Waals surface area contributed by atoms with Crippen molar-refractivity contribution in [3.8, 4) is 0 Å². The fourth-order valence-corrected chi connectivity index (χ4v) is 2.35. The van der Waals surface area contributed by atoms with Crippen molar-refractivity contribution in [2.24, 2.45) is 0 Å². The van der Waals surface area contributed by atoms with E-state index in [1.165, 1.54) is 12.1 Å². The van der Waals surface area contributed by atoms with E-state index in [-0.39, 0.29) is 6.04 Å². The smallest absolute Gasteiger partial charge is 0.159 e. The van der Waals surface area contributed by atoms with E-state index < -0.39 is 11.6 Å². The average molecular weight is 290 g/mol. The lowest BCUT2D eigenvalue weighted by Gasteiger charge is -2.20. The summed E-state index contributed by atoms with van der Waals surface area (Å²) < 4.78 is 26.4. The summed E-state index contributed by atoms with van der Waals surface area (Å²) >= 11 is 0. The minimum absolute atomic E-state index is 0.00369. The fraction of sp³-hybridized carbons (Fsp3) is 0.353. The molecule has 0 aliphatic carbocycles. The molecule has 0 aliphatic rings. The molecule has 112 valence electrons. The van der Waals surface area contributed by atoms with Gasteiger partial charge >= 0.3 is 0 Å². The highest BCUT2D eigenvalue weighted by molar-refractivity contribution is 5.25. The SMILES string of the molecule is CCCNC(Cc1ccc(F)c(F)c1)c1ncccc1C. The molecule has 4 heteroatoms. The van der Waals surface area contributed by atoms with Crippen LogP contribution in [0.3, 0.4) is 0 Å². The Morgan fingerprint density at radius 1 is 1.19 bits per heavy atom. The van der Waals surface area contributed by atoms with Crippen LogP contribution in [0.4, 0.5) is 8.78 Å². The summed E-state index contributed by atoms with van der Waals surface area (Å²) in [6, 6.07) is 7.95. The number of hydrogen-bond donors (Lipinski definition) is 1. The van der Waals surface area contributed by atoms with Gasteiger partial charge in [0.25, 0.3) is 0 Å². The fourth-order valence-electron chi connectivity index (χ4n) is 2.35. The number of hydrogen-bond acceptors (Lipinski definition) is 2. The lowest BCUT2D eigenvalue weighted by molar-refractivity contribution is 0.496. The number of rotatable bonds is 6. The second-order valence-corrected chi connectivity index (χ2v) is 5.16. The molecule has 1 N–H and O–H groups in total. The number of nitrogens with one attached hydrogen (secondary N) is 1. The van der Waals surface area contributed by atoms with Crippen molar-refractivity contribution in [1.29, 1.82) is 0 Å². The Hall–Kier alpha value is -1.81. The third kappa shape index (κ3) is 4.08. The van der Waals surface area contributed by atoms with E-state index in [2.05, 4.69) is 17.2 Å². The molecule has 1 atom stereocenters. The van der Waals surface area contributed by atoms with Crippen molar-refractivity contribution >= 4 is 0 Å². The predicted octanol–water partition coefficient (Wildman–Crippen LogP) is 3.95. The average Bonchev–Trinajstić information content (AvgIpc) is 2.48. The molecule has 0 bridgehead atoms. The molecule has 0 saturated heterocycles. The Balaban J connectivity index is 2.24. The molecule has 1 heterocycles. The molecular formula is C17H20F2N2. The van der Waals surface area contributed by atoms with Gasteiger partial charge in [-0.1, -0.05) is 19.1 Å². The summed E-state index contributed by atoms with van der Waals surface area (Å²) in [7, 11) is 0. The Morgan fingerprint density at radius 2 is 2.00 bits per heavy atom. The second-order valence-electron chi connectivity index (χ2n) is 5.16. The molecule has 1 unspecified atom stereocenters. The number of benzene rings is 1. The van der Waals surface area contributed by atoms with Gasteiger partial charge in [-0.2, -0.15) is 0 Å². The van der Waals surface area contributed by atoms with E-state index in [0.29, 0.717) is 6.42 Å². The Bertz CT molecular complexity index is 599. The lowest BCUT2D eigenvalue weighted by Crippen LogP contribution is -2.25. The molecule has 2 nitrogen and oxygen atoms in total. The maximum absolute atomic E-state index is 13.4. The van der Waals surface area contributed by atoms with E-state index in [1.807, 2.05) is 19.1 Å². The molecule has 0 spiro atoms. The number of halogens is 2. The minimum atomic E-state index is -0.814. The summed E-state index contributed by atoms with van der Waals surface area (Å²) in [6.07, 6.45) is 3.34. The molecular weight excluding hydrogens is 270 g/mol. The van der Waals surface area contributed by atoms with Crippen LogP contribution >= 0.6 is 0 Å². The van der Waals surface area contributed by atoms with Crippen LogP contribution in [0, 0.1) is 18.6 Å². The van der Waals surface area contributed by atoms with Crippen molar-refractivity contribution in [1.82, 2.24) is 10.3 Å². The van der Waals surface area contributed by atoms with Crippen molar-refractivity contribution in [2.45, 2.75) is 32.7 Å². The molecule has 0 radical (unpaired) electrons. The summed E-state index contributed by atoms with van der Waals surface area (Å²) in [5, 5.41) is 3.43. The van der Waals surface area contributed by atoms with Gasteiger partial charge in [-0.15, -0.1) is 0 Å². The minimum Gasteiger partial charge on any atom is -0.308 e. The van der Waals surface area contributed by atoms with Crippen molar-refractivity contribution in [3.63, 3.8) is 0 Å². The number of aryl methyl sites for hydroxylation is 1. The standard InChI is InChI=1S/C17H20F2N2/c1-3-8-20-16(17-12(2)5-4-9-21-17)11-13-6-7-14(18)15(19)10-13/h4-7,9-10,16,20H,3,8,11H2,1-2H3. The predicted molar refractivity (Wildman–Crippen MR) is 80.1 cm³/mol. The maximum Gasteiger partial charge on any atom is 0.159 e. The van der Waals surface area contributed by atoms with E-state index in [9.17, 15) is 8.78 Å². The first kappa shape index (κ1) is 15.6. The molecule has 2 aromatic rings. The zero-order valence-electron chi connectivity index (χ0n) is 12.4. The highest BCUT2D eigenvalue weighted by atomic mass is 19.2. The van der Waals surface area contributed by atoms with Crippen molar-refractivity contribution in [3.05, 3.63) is 65.0 Å². The van der Waals surface area contributed by atoms with Crippen molar-refractivity contribution in [2.75, 3.05) is 6.54 Å². The first-order valence-corrected chi connectivity index (χ1v) is 7.20. The van der Waals surface area contributed by atoms with E-state index >= 15 is 0 Å². The molecule has 0 amide bonds. The number of pyridine rings is 1. The monoisotopic (exact) mass is 290 g/mol. The molecule has 1 aromatic heterocycles. The van der Waals surface area contributed by atoms with Gasteiger partial charge in [0.1, 0.15) is 0 Å². The summed E-state index contributed by atoms with van der Waals surface area (Å²) in [5.74, 6) is -1.62. The van der Waals surface area contributed by atoms with Crippen LogP contribution < -0.4 is 5.32 Å². The van der Waals surface area contributed by atoms with Crippen LogP contribution in [0.25, 0.3) is 0 Å². The molecule has 21 heavy (non-hydrogen) atoms. The second kappa shape index (κ2) is 7.27. The Labute approximate surface area is 124 Å². The van der Waals surface area contributed by atoms with Gasteiger partial charge in [-0.3, -0.25) is 4.98 Å². The molecule has 0 fully saturated rings. The molecule has 1 aromatic carbocycles. The highest BCUT2D eigenvalue weighted by Crippen LogP contribution is 2.21. The van der Waals surface area contributed by atoms with Gasteiger partial charge in [-0.25, -0.2) is 8.78 Å². The maximum atomic E-state index is 13.4. The summed E-state index contributed by atoms with van der Waals surface area (Å²) in [5.41, 5.74) is 2.80. The third-order valence-electron chi connectivity index (χ3n) is 3.44. The van der Waals surface area contributed by atoms with E-state index in [0.717, 1.165) is 29.8 Å². The summed E-state index contributed by atoms with van der Waals surface area (Å²) in [6.45, 7) is 4.95. The van der Waals surface area contributed by atoms with Crippen LogP contribution in [0.1, 0.15) is 36.2 Å². The Morgan fingerprint density at radius 3 is 2.67 bits per heavy atom. The quantitative estimate of drug-likeness (QED) is 0.871.